The molecule has 1 atom stereocenters. The maximum absolute atomic E-state index is 13.1. The Labute approximate surface area is 224 Å². The van der Waals surface area contributed by atoms with Gasteiger partial charge in [-0.3, -0.25) is 9.52 Å². The van der Waals surface area contributed by atoms with Gasteiger partial charge in [0.25, 0.3) is 10.0 Å². The third kappa shape index (κ3) is 6.62. The molecule has 2 N–H and O–H groups in total. The van der Waals surface area contributed by atoms with Crippen LogP contribution >= 0.6 is 23.2 Å². The predicted molar refractivity (Wildman–Crippen MR) is 143 cm³/mol. The van der Waals surface area contributed by atoms with E-state index < -0.39 is 16.1 Å². The number of anilines is 2. The highest BCUT2D eigenvalue weighted by molar-refractivity contribution is 7.92. The lowest BCUT2D eigenvalue weighted by Gasteiger charge is -2.21. The molecule has 0 spiro atoms. The number of benzene rings is 3. The van der Waals surface area contributed by atoms with Crippen LogP contribution in [0.3, 0.4) is 0 Å². The van der Waals surface area contributed by atoms with Crippen molar-refractivity contribution in [2.24, 2.45) is 0 Å². The van der Waals surface area contributed by atoms with Crippen LogP contribution in [0.25, 0.3) is 0 Å². The first kappa shape index (κ1) is 26.5. The molecule has 192 valence electrons. The van der Waals surface area contributed by atoms with Crippen molar-refractivity contribution in [1.82, 2.24) is 5.16 Å². The second kappa shape index (κ2) is 11.2. The van der Waals surface area contributed by atoms with E-state index in [4.69, 9.17) is 32.5 Å². The first-order valence-corrected chi connectivity index (χ1v) is 13.3. The number of carbonyl (C=O) groups excluding carboxylic acids is 1. The maximum Gasteiger partial charge on any atom is 0.263 e. The highest BCUT2D eigenvalue weighted by Crippen LogP contribution is 2.29. The number of ether oxygens (including phenoxy) is 1. The van der Waals surface area contributed by atoms with Crippen molar-refractivity contribution < 1.29 is 22.5 Å². The van der Waals surface area contributed by atoms with E-state index in [1.54, 1.807) is 56.5 Å². The summed E-state index contributed by atoms with van der Waals surface area (Å²) in [6, 6.07) is 19.3. The van der Waals surface area contributed by atoms with Crippen LogP contribution in [0.4, 0.5) is 11.5 Å². The number of ketones is 1. The number of nitrogens with one attached hydrogen (secondary N) is 2. The first-order chi connectivity index (χ1) is 17.6. The number of hydrogen-bond acceptors (Lipinski definition) is 7. The van der Waals surface area contributed by atoms with Gasteiger partial charge in [-0.25, -0.2) is 8.42 Å². The van der Waals surface area contributed by atoms with E-state index in [9.17, 15) is 13.2 Å². The molecule has 37 heavy (non-hydrogen) atoms. The fraction of sp³-hybridized carbons (Fsp3) is 0.154. The molecule has 0 aliphatic heterocycles. The normalized spacial score (nSPS) is 12.1. The molecule has 0 bridgehead atoms. The van der Waals surface area contributed by atoms with Gasteiger partial charge in [0.05, 0.1) is 28.1 Å². The van der Waals surface area contributed by atoms with Crippen molar-refractivity contribution in [2.45, 2.75) is 24.3 Å². The Bertz CT molecular complexity index is 1500. The minimum absolute atomic E-state index is 0.0478. The van der Waals surface area contributed by atoms with Gasteiger partial charge in [0.15, 0.2) is 11.6 Å². The zero-order chi connectivity index (χ0) is 26.6. The van der Waals surface area contributed by atoms with E-state index in [1.807, 2.05) is 12.1 Å². The zero-order valence-corrected chi connectivity index (χ0v) is 22.2. The number of Topliss-reactive ketones (excluding diaryl/α,β-unsaturated/α-hetero) is 1. The van der Waals surface area contributed by atoms with Gasteiger partial charge in [-0.1, -0.05) is 40.5 Å². The summed E-state index contributed by atoms with van der Waals surface area (Å²) in [5.41, 5.74) is 1.90. The Morgan fingerprint density at radius 2 is 1.70 bits per heavy atom. The van der Waals surface area contributed by atoms with E-state index in [0.29, 0.717) is 32.8 Å². The molecule has 0 aliphatic rings. The third-order valence-electron chi connectivity index (χ3n) is 5.52. The van der Waals surface area contributed by atoms with E-state index >= 15 is 0 Å². The fourth-order valence-corrected chi connectivity index (χ4v) is 4.89. The van der Waals surface area contributed by atoms with Crippen molar-refractivity contribution in [3.63, 3.8) is 0 Å². The molecule has 1 heterocycles. The maximum atomic E-state index is 13.1. The van der Waals surface area contributed by atoms with E-state index in [-0.39, 0.29) is 22.9 Å². The Hall–Kier alpha value is -3.53. The monoisotopic (exact) mass is 559 g/mol. The van der Waals surface area contributed by atoms with Gasteiger partial charge in [0.1, 0.15) is 11.5 Å². The molecule has 0 aliphatic carbocycles. The SMILES string of the molecule is COc1ccc(C(CC(=O)c2ccc(Cl)c(Cl)c2)Nc2ccc(S(=O)(=O)Nc3cc(C)on3)cc2)cc1. The lowest BCUT2D eigenvalue weighted by atomic mass is 9.97. The molecular weight excluding hydrogens is 537 g/mol. The Morgan fingerprint density at radius 3 is 2.30 bits per heavy atom. The zero-order valence-electron chi connectivity index (χ0n) is 19.9. The Kier molecular flexibility index (Phi) is 8.06. The number of methoxy groups -OCH3 is 1. The lowest BCUT2D eigenvalue weighted by molar-refractivity contribution is 0.0976. The molecular formula is C26H23Cl2N3O5S. The summed E-state index contributed by atoms with van der Waals surface area (Å²) < 4.78 is 37.9. The van der Waals surface area contributed by atoms with Gasteiger partial charge in [0, 0.05) is 23.7 Å². The molecule has 4 aromatic rings. The topological polar surface area (TPSA) is 111 Å². The van der Waals surface area contributed by atoms with Crippen molar-refractivity contribution in [3.8, 4) is 5.75 Å². The molecule has 1 unspecified atom stereocenters. The number of aromatic nitrogens is 1. The second-order valence-corrected chi connectivity index (χ2v) is 10.7. The molecule has 0 amide bonds. The minimum atomic E-state index is -3.86. The van der Waals surface area contributed by atoms with Crippen molar-refractivity contribution >= 4 is 50.5 Å². The van der Waals surface area contributed by atoms with Crippen molar-refractivity contribution in [3.05, 3.63) is 99.7 Å². The molecule has 1 aromatic heterocycles. The molecule has 11 heteroatoms. The van der Waals surface area contributed by atoms with Gasteiger partial charge in [-0.2, -0.15) is 0 Å². The molecule has 0 fully saturated rings. The third-order valence-corrected chi connectivity index (χ3v) is 7.63. The first-order valence-electron chi connectivity index (χ1n) is 11.1. The highest BCUT2D eigenvalue weighted by atomic mass is 35.5. The number of carbonyl (C=O) groups is 1. The van der Waals surface area contributed by atoms with Gasteiger partial charge in [-0.15, -0.1) is 0 Å². The number of hydrogen-bond donors (Lipinski definition) is 2. The van der Waals surface area contributed by atoms with Crippen LogP contribution in [0, 0.1) is 6.92 Å². The summed E-state index contributed by atoms with van der Waals surface area (Å²) in [4.78, 5) is 13.1. The van der Waals surface area contributed by atoms with Gasteiger partial charge in [0.2, 0.25) is 0 Å². The van der Waals surface area contributed by atoms with Crippen LogP contribution in [0.5, 0.6) is 5.75 Å². The van der Waals surface area contributed by atoms with Crippen LogP contribution in [-0.2, 0) is 10.0 Å². The second-order valence-electron chi connectivity index (χ2n) is 8.18. The number of aryl methyl sites for hydroxylation is 1. The summed E-state index contributed by atoms with van der Waals surface area (Å²) in [5, 5.41) is 7.65. The fourth-order valence-electron chi connectivity index (χ4n) is 3.60. The smallest absolute Gasteiger partial charge is 0.263 e. The number of sulfonamides is 1. The summed E-state index contributed by atoms with van der Waals surface area (Å²) in [6.45, 7) is 1.66. The minimum Gasteiger partial charge on any atom is -0.497 e. The van der Waals surface area contributed by atoms with E-state index in [0.717, 1.165) is 5.56 Å². The molecule has 0 saturated carbocycles. The average molecular weight is 560 g/mol. The predicted octanol–water partition coefficient (Wildman–Crippen LogP) is 6.53. The molecule has 0 saturated heterocycles. The largest absolute Gasteiger partial charge is 0.497 e. The van der Waals surface area contributed by atoms with Crippen molar-refractivity contribution in [2.75, 3.05) is 17.1 Å². The van der Waals surface area contributed by atoms with Crippen LogP contribution in [0.1, 0.15) is 34.1 Å². The van der Waals surface area contributed by atoms with Gasteiger partial charge < -0.3 is 14.6 Å². The van der Waals surface area contributed by atoms with Crippen LogP contribution in [0.2, 0.25) is 10.0 Å². The Morgan fingerprint density at radius 1 is 1.00 bits per heavy atom. The summed E-state index contributed by atoms with van der Waals surface area (Å²) in [5.74, 6) is 1.12. The number of nitrogens with zero attached hydrogens (tertiary/aromatic N) is 1. The molecule has 0 radical (unpaired) electrons. The number of rotatable bonds is 10. The highest BCUT2D eigenvalue weighted by Gasteiger charge is 2.20. The molecule has 8 nitrogen and oxygen atoms in total. The van der Waals surface area contributed by atoms with E-state index in [1.165, 1.54) is 18.2 Å². The van der Waals surface area contributed by atoms with Crippen LogP contribution < -0.4 is 14.8 Å². The standard InChI is InChI=1S/C26H23Cl2N3O5S/c1-16-13-26(30-36-16)31-37(33,34)21-10-6-19(7-11-21)29-24(17-3-8-20(35-2)9-4-17)15-25(32)18-5-12-22(27)23(28)14-18/h3-14,24,29H,15H2,1-2H3,(H,30,31). The van der Waals surface area contributed by atoms with Crippen LogP contribution in [0.15, 0.2) is 82.2 Å². The summed E-state index contributed by atoms with van der Waals surface area (Å²) in [6.07, 6.45) is 0.109. The lowest BCUT2D eigenvalue weighted by Crippen LogP contribution is -2.16. The molecule has 4 rings (SSSR count). The van der Waals surface area contributed by atoms with E-state index in [2.05, 4.69) is 15.2 Å². The average Bonchev–Trinajstić information content (AvgIpc) is 3.29. The Balaban J connectivity index is 1.55. The summed E-state index contributed by atoms with van der Waals surface area (Å²) >= 11 is 12.1. The van der Waals surface area contributed by atoms with Crippen molar-refractivity contribution in [1.29, 1.82) is 0 Å². The summed E-state index contributed by atoms with van der Waals surface area (Å²) in [7, 11) is -2.28. The van der Waals surface area contributed by atoms with Crippen LogP contribution in [-0.4, -0.2) is 26.5 Å². The molecule has 3 aromatic carbocycles. The van der Waals surface area contributed by atoms with Gasteiger partial charge >= 0.3 is 0 Å². The van der Waals surface area contributed by atoms with Gasteiger partial charge in [-0.05, 0) is 67.1 Å². The number of halogens is 2. The quantitative estimate of drug-likeness (QED) is 0.212.